The number of amides is 1. The molecule has 0 aromatic heterocycles. The van der Waals surface area contributed by atoms with Gasteiger partial charge in [0.05, 0.1) is 12.0 Å². The number of rotatable bonds is 6. The monoisotopic (exact) mass is 353 g/mol. The van der Waals surface area contributed by atoms with E-state index in [0.29, 0.717) is 6.54 Å². The van der Waals surface area contributed by atoms with Gasteiger partial charge in [-0.2, -0.15) is 0 Å². The molecule has 0 spiro atoms. The van der Waals surface area contributed by atoms with Crippen molar-refractivity contribution in [3.63, 3.8) is 0 Å². The van der Waals surface area contributed by atoms with Gasteiger partial charge >= 0.3 is 0 Å². The van der Waals surface area contributed by atoms with Gasteiger partial charge in [0.1, 0.15) is 0 Å². The van der Waals surface area contributed by atoms with Crippen molar-refractivity contribution in [3.8, 4) is 0 Å². The molecule has 27 heavy (non-hydrogen) atoms. The summed E-state index contributed by atoms with van der Waals surface area (Å²) in [6, 6.07) is 31.0. The van der Waals surface area contributed by atoms with Crippen LogP contribution in [0.25, 0.3) is 6.08 Å². The van der Waals surface area contributed by atoms with Crippen LogP contribution in [0.3, 0.4) is 0 Å². The largest absolute Gasteiger partial charge is 0.330 e. The van der Waals surface area contributed by atoms with E-state index in [9.17, 15) is 4.79 Å². The molecule has 1 fully saturated rings. The van der Waals surface area contributed by atoms with Crippen molar-refractivity contribution in [1.29, 1.82) is 0 Å². The van der Waals surface area contributed by atoms with Gasteiger partial charge in [0.2, 0.25) is 5.91 Å². The van der Waals surface area contributed by atoms with Crippen LogP contribution in [0.5, 0.6) is 0 Å². The quantitative estimate of drug-likeness (QED) is 0.537. The minimum atomic E-state index is 0.0103. The lowest BCUT2D eigenvalue weighted by Gasteiger charge is -2.47. The van der Waals surface area contributed by atoms with Crippen LogP contribution in [-0.2, 0) is 11.3 Å². The van der Waals surface area contributed by atoms with E-state index in [1.165, 1.54) is 16.7 Å². The Morgan fingerprint density at radius 1 is 0.778 bits per heavy atom. The van der Waals surface area contributed by atoms with Gasteiger partial charge in [0.15, 0.2) is 0 Å². The van der Waals surface area contributed by atoms with Crippen molar-refractivity contribution in [2.24, 2.45) is 5.92 Å². The molecule has 2 heteroatoms. The molecule has 1 aliphatic heterocycles. The third-order valence-electron chi connectivity index (χ3n) is 5.15. The van der Waals surface area contributed by atoms with Gasteiger partial charge in [-0.05, 0) is 23.1 Å². The Balaban J connectivity index is 1.52. The first-order valence-corrected chi connectivity index (χ1v) is 9.44. The maximum absolute atomic E-state index is 12.9. The van der Waals surface area contributed by atoms with Gasteiger partial charge in [-0.25, -0.2) is 0 Å². The number of β-lactam (4-membered cyclic amide) rings is 1. The Bertz CT molecular complexity index is 903. The fraction of sp³-hybridized carbons (Fsp3) is 0.160. The molecule has 1 saturated heterocycles. The Labute approximate surface area is 160 Å². The normalized spacial score (nSPS) is 19.3. The summed E-state index contributed by atoms with van der Waals surface area (Å²) < 4.78 is 0. The zero-order valence-corrected chi connectivity index (χ0v) is 15.2. The summed E-state index contributed by atoms with van der Waals surface area (Å²) in [6.07, 6.45) is 5.00. The van der Waals surface area contributed by atoms with E-state index >= 15 is 0 Å². The van der Waals surface area contributed by atoms with Crippen LogP contribution in [0, 0.1) is 5.92 Å². The second-order valence-corrected chi connectivity index (χ2v) is 6.96. The SMILES string of the molecule is O=C1[C@H](C/C=C/c2ccccc2)[C@@H](c2ccccc2)N1Cc1ccccc1. The lowest BCUT2D eigenvalue weighted by atomic mass is 9.79. The Hall–Kier alpha value is -3.13. The van der Waals surface area contributed by atoms with Gasteiger partial charge < -0.3 is 4.90 Å². The number of benzene rings is 3. The summed E-state index contributed by atoms with van der Waals surface area (Å²) in [7, 11) is 0. The molecule has 4 rings (SSSR count). The van der Waals surface area contributed by atoms with Crippen molar-refractivity contribution in [1.82, 2.24) is 4.90 Å². The lowest BCUT2D eigenvalue weighted by Crippen LogP contribution is -2.54. The molecule has 0 N–H and O–H groups in total. The fourth-order valence-electron chi connectivity index (χ4n) is 3.78. The number of carbonyl (C=O) groups excluding carboxylic acids is 1. The highest BCUT2D eigenvalue weighted by atomic mass is 16.2. The highest BCUT2D eigenvalue weighted by Crippen LogP contribution is 2.43. The fourth-order valence-corrected chi connectivity index (χ4v) is 3.78. The van der Waals surface area contributed by atoms with Crippen LogP contribution < -0.4 is 0 Å². The van der Waals surface area contributed by atoms with Gasteiger partial charge in [0.25, 0.3) is 0 Å². The Morgan fingerprint density at radius 3 is 2.04 bits per heavy atom. The van der Waals surface area contributed by atoms with E-state index < -0.39 is 0 Å². The first kappa shape index (κ1) is 17.3. The standard InChI is InChI=1S/C25H23NO/c27-25-23(18-10-15-20-11-4-1-5-12-20)24(22-16-8-3-9-17-22)26(25)19-21-13-6-2-7-14-21/h1-17,23-24H,18-19H2/b15-10+/t23-,24-/m1/s1. The predicted molar refractivity (Wildman–Crippen MR) is 110 cm³/mol. The highest BCUT2D eigenvalue weighted by Gasteiger charge is 2.46. The highest BCUT2D eigenvalue weighted by molar-refractivity contribution is 5.86. The van der Waals surface area contributed by atoms with Crippen molar-refractivity contribution < 1.29 is 4.79 Å². The molecule has 134 valence electrons. The summed E-state index contributed by atoms with van der Waals surface area (Å²) in [5, 5.41) is 0. The molecule has 2 nitrogen and oxygen atoms in total. The lowest BCUT2D eigenvalue weighted by molar-refractivity contribution is -0.158. The zero-order chi connectivity index (χ0) is 18.5. The van der Waals surface area contributed by atoms with Crippen LogP contribution in [0.15, 0.2) is 97.1 Å². The molecule has 3 aromatic carbocycles. The van der Waals surface area contributed by atoms with E-state index in [4.69, 9.17) is 0 Å². The second kappa shape index (κ2) is 8.05. The average molecular weight is 353 g/mol. The second-order valence-electron chi connectivity index (χ2n) is 6.96. The number of nitrogens with zero attached hydrogens (tertiary/aromatic N) is 1. The summed E-state index contributed by atoms with van der Waals surface area (Å²) in [5.41, 5.74) is 3.55. The van der Waals surface area contributed by atoms with Crippen LogP contribution in [0.2, 0.25) is 0 Å². The summed E-state index contributed by atoms with van der Waals surface area (Å²) in [4.78, 5) is 14.9. The molecule has 2 atom stereocenters. The minimum Gasteiger partial charge on any atom is -0.330 e. The molecule has 1 amide bonds. The van der Waals surface area contributed by atoms with E-state index in [-0.39, 0.29) is 17.9 Å². The Morgan fingerprint density at radius 2 is 1.37 bits per heavy atom. The summed E-state index contributed by atoms with van der Waals surface area (Å²) >= 11 is 0. The summed E-state index contributed by atoms with van der Waals surface area (Å²) in [5.74, 6) is 0.251. The van der Waals surface area contributed by atoms with Crippen molar-refractivity contribution >= 4 is 12.0 Å². The van der Waals surface area contributed by atoms with E-state index in [2.05, 4.69) is 60.7 Å². The number of carbonyl (C=O) groups is 1. The molecule has 0 unspecified atom stereocenters. The molecule has 0 aliphatic carbocycles. The maximum atomic E-state index is 12.9. The van der Waals surface area contributed by atoms with Crippen LogP contribution >= 0.6 is 0 Å². The van der Waals surface area contributed by atoms with Crippen molar-refractivity contribution in [3.05, 3.63) is 114 Å². The third kappa shape index (κ3) is 3.85. The molecular formula is C25H23NO. The van der Waals surface area contributed by atoms with Crippen LogP contribution in [0.1, 0.15) is 29.2 Å². The predicted octanol–water partition coefficient (Wildman–Crippen LogP) is 5.49. The first-order chi connectivity index (χ1) is 13.3. The van der Waals surface area contributed by atoms with Crippen molar-refractivity contribution in [2.45, 2.75) is 19.0 Å². The molecular weight excluding hydrogens is 330 g/mol. The molecule has 1 heterocycles. The zero-order valence-electron chi connectivity index (χ0n) is 15.2. The maximum Gasteiger partial charge on any atom is 0.229 e. The van der Waals surface area contributed by atoms with E-state index in [0.717, 1.165) is 6.42 Å². The number of allylic oxidation sites excluding steroid dienone is 1. The molecule has 0 radical (unpaired) electrons. The molecule has 3 aromatic rings. The Kier molecular flexibility index (Phi) is 5.15. The van der Waals surface area contributed by atoms with Crippen molar-refractivity contribution in [2.75, 3.05) is 0 Å². The van der Waals surface area contributed by atoms with E-state index in [1.807, 2.05) is 47.4 Å². The smallest absolute Gasteiger partial charge is 0.229 e. The molecule has 1 aliphatic rings. The topological polar surface area (TPSA) is 20.3 Å². The van der Waals surface area contributed by atoms with Crippen LogP contribution in [-0.4, -0.2) is 10.8 Å². The van der Waals surface area contributed by atoms with Gasteiger partial charge in [0, 0.05) is 6.54 Å². The van der Waals surface area contributed by atoms with Crippen LogP contribution in [0.4, 0.5) is 0 Å². The summed E-state index contributed by atoms with van der Waals surface area (Å²) in [6.45, 7) is 0.665. The molecule has 0 saturated carbocycles. The molecule has 0 bridgehead atoms. The van der Waals surface area contributed by atoms with Gasteiger partial charge in [-0.15, -0.1) is 0 Å². The third-order valence-corrected chi connectivity index (χ3v) is 5.15. The number of hydrogen-bond acceptors (Lipinski definition) is 1. The van der Waals surface area contributed by atoms with Gasteiger partial charge in [-0.3, -0.25) is 4.79 Å². The minimum absolute atomic E-state index is 0.0103. The average Bonchev–Trinajstić information content (AvgIpc) is 2.74. The van der Waals surface area contributed by atoms with Gasteiger partial charge in [-0.1, -0.05) is 103 Å². The van der Waals surface area contributed by atoms with E-state index in [1.54, 1.807) is 0 Å². The number of likely N-dealkylation sites (tertiary alicyclic amines) is 1. The number of hydrogen-bond donors (Lipinski definition) is 0. The first-order valence-electron chi connectivity index (χ1n) is 9.44.